The Labute approximate surface area is 184 Å². The molecule has 32 heavy (non-hydrogen) atoms. The van der Waals surface area contributed by atoms with E-state index in [1.54, 1.807) is 42.5 Å². The SMILES string of the molecule is O=C1c2ccccc2C(=O)c2c(NC(=O)N(c3ccccc3)c3ccccc3)cccc21. The lowest BCUT2D eigenvalue weighted by Crippen LogP contribution is -2.32. The number of para-hydroxylation sites is 2. The van der Waals surface area contributed by atoms with E-state index in [9.17, 15) is 14.4 Å². The van der Waals surface area contributed by atoms with Gasteiger partial charge in [0.25, 0.3) is 0 Å². The lowest BCUT2D eigenvalue weighted by atomic mass is 9.83. The number of hydrogen-bond donors (Lipinski definition) is 1. The Bertz CT molecular complexity index is 1310. The first-order chi connectivity index (χ1) is 15.6. The number of fused-ring (bicyclic) bond motifs is 2. The third-order valence-corrected chi connectivity index (χ3v) is 5.43. The molecular weight excluding hydrogens is 400 g/mol. The molecule has 1 aliphatic rings. The maximum Gasteiger partial charge on any atom is 0.330 e. The van der Waals surface area contributed by atoms with Crippen LogP contribution < -0.4 is 10.2 Å². The van der Waals surface area contributed by atoms with E-state index in [1.165, 1.54) is 4.90 Å². The first-order valence-corrected chi connectivity index (χ1v) is 10.2. The highest BCUT2D eigenvalue weighted by molar-refractivity contribution is 6.30. The molecule has 0 aromatic heterocycles. The van der Waals surface area contributed by atoms with Gasteiger partial charge >= 0.3 is 6.03 Å². The molecule has 0 atom stereocenters. The highest BCUT2D eigenvalue weighted by Gasteiger charge is 2.32. The predicted octanol–water partition coefficient (Wildman–Crippen LogP) is 5.83. The van der Waals surface area contributed by atoms with Crippen LogP contribution in [0.3, 0.4) is 0 Å². The standard InChI is InChI=1S/C27H18N2O3/c30-25-20-14-7-8-15-21(20)26(31)24-22(25)16-9-17-23(24)28-27(32)29(18-10-3-1-4-11-18)19-12-5-2-6-13-19/h1-17H,(H,28,32). The van der Waals surface area contributed by atoms with E-state index in [1.807, 2.05) is 60.7 Å². The fourth-order valence-corrected chi connectivity index (χ4v) is 3.96. The van der Waals surface area contributed by atoms with Crippen LogP contribution in [0, 0.1) is 0 Å². The minimum Gasteiger partial charge on any atom is -0.306 e. The van der Waals surface area contributed by atoms with Gasteiger partial charge < -0.3 is 5.32 Å². The van der Waals surface area contributed by atoms with Crippen molar-refractivity contribution in [2.45, 2.75) is 0 Å². The molecule has 2 amide bonds. The van der Waals surface area contributed by atoms with Gasteiger partial charge in [0.05, 0.1) is 22.6 Å². The second kappa shape index (κ2) is 7.96. The smallest absolute Gasteiger partial charge is 0.306 e. The highest BCUT2D eigenvalue weighted by atomic mass is 16.2. The molecule has 5 heteroatoms. The summed E-state index contributed by atoms with van der Waals surface area (Å²) < 4.78 is 0. The number of urea groups is 1. The van der Waals surface area contributed by atoms with Crippen LogP contribution in [0.25, 0.3) is 0 Å². The summed E-state index contributed by atoms with van der Waals surface area (Å²) in [7, 11) is 0. The van der Waals surface area contributed by atoms with Gasteiger partial charge in [-0.25, -0.2) is 4.79 Å². The zero-order valence-corrected chi connectivity index (χ0v) is 17.0. The second-order valence-corrected chi connectivity index (χ2v) is 7.37. The molecule has 0 radical (unpaired) electrons. The molecular formula is C27H18N2O3. The van der Waals surface area contributed by atoms with Gasteiger partial charge in [-0.15, -0.1) is 0 Å². The van der Waals surface area contributed by atoms with Gasteiger partial charge in [-0.3, -0.25) is 14.5 Å². The van der Waals surface area contributed by atoms with Crippen LogP contribution in [0.1, 0.15) is 31.8 Å². The van der Waals surface area contributed by atoms with Gasteiger partial charge in [0.1, 0.15) is 0 Å². The molecule has 0 spiro atoms. The van der Waals surface area contributed by atoms with Gasteiger partial charge in [-0.1, -0.05) is 72.8 Å². The van der Waals surface area contributed by atoms with Crippen molar-refractivity contribution in [3.05, 3.63) is 125 Å². The topological polar surface area (TPSA) is 66.5 Å². The zero-order valence-electron chi connectivity index (χ0n) is 17.0. The molecule has 154 valence electrons. The molecule has 4 aromatic carbocycles. The van der Waals surface area contributed by atoms with Crippen LogP contribution in [-0.2, 0) is 0 Å². The van der Waals surface area contributed by atoms with Crippen molar-refractivity contribution in [2.24, 2.45) is 0 Å². The van der Waals surface area contributed by atoms with Crippen molar-refractivity contribution >= 4 is 34.7 Å². The van der Waals surface area contributed by atoms with Crippen molar-refractivity contribution in [1.82, 2.24) is 0 Å². The molecule has 5 rings (SSSR count). The van der Waals surface area contributed by atoms with Crippen LogP contribution in [0.15, 0.2) is 103 Å². The summed E-state index contributed by atoms with van der Waals surface area (Å²) in [5.41, 5.74) is 2.88. The first-order valence-electron chi connectivity index (χ1n) is 10.2. The quantitative estimate of drug-likeness (QED) is 0.401. The van der Waals surface area contributed by atoms with E-state index < -0.39 is 6.03 Å². The van der Waals surface area contributed by atoms with Gasteiger partial charge in [-0.05, 0) is 30.3 Å². The number of nitrogens with one attached hydrogen (secondary N) is 1. The Balaban J connectivity index is 1.56. The summed E-state index contributed by atoms with van der Waals surface area (Å²) in [5.74, 6) is -0.508. The number of benzene rings is 4. The third kappa shape index (κ3) is 3.26. The number of ketones is 2. The first kappa shape index (κ1) is 19.5. The van der Waals surface area contributed by atoms with Crippen LogP contribution in [0.5, 0.6) is 0 Å². The lowest BCUT2D eigenvalue weighted by Gasteiger charge is -2.25. The van der Waals surface area contributed by atoms with Crippen LogP contribution in [0.4, 0.5) is 21.9 Å². The molecule has 0 bridgehead atoms. The van der Waals surface area contributed by atoms with Crippen LogP contribution in [0.2, 0.25) is 0 Å². The Morgan fingerprint density at radius 3 is 1.66 bits per heavy atom. The lowest BCUT2D eigenvalue weighted by molar-refractivity contribution is 0.0979. The van der Waals surface area contributed by atoms with Gasteiger partial charge in [0.2, 0.25) is 0 Å². The van der Waals surface area contributed by atoms with Crippen molar-refractivity contribution in [3.63, 3.8) is 0 Å². The van der Waals surface area contributed by atoms with Gasteiger partial charge in [-0.2, -0.15) is 0 Å². The largest absolute Gasteiger partial charge is 0.330 e. The molecule has 1 aliphatic carbocycles. The normalized spacial score (nSPS) is 12.0. The van der Waals surface area contributed by atoms with E-state index in [0.29, 0.717) is 28.2 Å². The van der Waals surface area contributed by atoms with Crippen molar-refractivity contribution < 1.29 is 14.4 Å². The van der Waals surface area contributed by atoms with Gasteiger partial charge in [0.15, 0.2) is 11.6 Å². The monoisotopic (exact) mass is 418 g/mol. The summed E-state index contributed by atoms with van der Waals surface area (Å²) in [6.45, 7) is 0. The average Bonchev–Trinajstić information content (AvgIpc) is 2.84. The Morgan fingerprint density at radius 2 is 1.06 bits per heavy atom. The maximum absolute atomic E-state index is 13.5. The fraction of sp³-hybridized carbons (Fsp3) is 0. The van der Waals surface area contributed by atoms with E-state index in [4.69, 9.17) is 0 Å². The van der Waals surface area contributed by atoms with E-state index in [2.05, 4.69) is 5.32 Å². The third-order valence-electron chi connectivity index (χ3n) is 5.43. The Kier molecular flexibility index (Phi) is 4.84. The van der Waals surface area contributed by atoms with E-state index in [-0.39, 0.29) is 22.7 Å². The molecule has 5 nitrogen and oxygen atoms in total. The maximum atomic E-state index is 13.5. The number of nitrogens with zero attached hydrogens (tertiary/aromatic N) is 1. The summed E-state index contributed by atoms with van der Waals surface area (Å²) >= 11 is 0. The predicted molar refractivity (Wildman–Crippen MR) is 124 cm³/mol. The summed E-state index contributed by atoms with van der Waals surface area (Å²) in [5, 5.41) is 2.86. The van der Waals surface area contributed by atoms with E-state index >= 15 is 0 Å². The molecule has 0 saturated heterocycles. The number of carbonyl (C=O) groups excluding carboxylic acids is 3. The molecule has 0 heterocycles. The number of hydrogen-bond acceptors (Lipinski definition) is 3. The molecule has 1 N–H and O–H groups in total. The minimum absolute atomic E-state index is 0.214. The molecule has 0 fully saturated rings. The molecule has 0 aliphatic heterocycles. The number of rotatable bonds is 3. The molecule has 0 saturated carbocycles. The van der Waals surface area contributed by atoms with E-state index in [0.717, 1.165) is 0 Å². The van der Waals surface area contributed by atoms with Crippen molar-refractivity contribution in [3.8, 4) is 0 Å². The highest BCUT2D eigenvalue weighted by Crippen LogP contribution is 2.33. The van der Waals surface area contributed by atoms with Crippen molar-refractivity contribution in [1.29, 1.82) is 0 Å². The fourth-order valence-electron chi connectivity index (χ4n) is 3.96. The minimum atomic E-state index is -0.435. The van der Waals surface area contributed by atoms with Crippen LogP contribution >= 0.6 is 0 Å². The second-order valence-electron chi connectivity index (χ2n) is 7.37. The summed E-state index contributed by atoms with van der Waals surface area (Å²) in [6, 6.07) is 29.7. The average molecular weight is 418 g/mol. The Morgan fingerprint density at radius 1 is 0.562 bits per heavy atom. The summed E-state index contributed by atoms with van der Waals surface area (Å²) in [6.07, 6.45) is 0. The van der Waals surface area contributed by atoms with Crippen molar-refractivity contribution in [2.75, 3.05) is 10.2 Å². The number of amides is 2. The Hall–Kier alpha value is -4.51. The number of anilines is 3. The summed E-state index contributed by atoms with van der Waals surface area (Å²) in [4.78, 5) is 41.2. The molecule has 4 aromatic rings. The zero-order chi connectivity index (χ0) is 22.1. The molecule has 0 unspecified atom stereocenters. The van der Waals surface area contributed by atoms with Crippen LogP contribution in [-0.4, -0.2) is 17.6 Å². The number of carbonyl (C=O) groups is 3. The van der Waals surface area contributed by atoms with Gasteiger partial charge in [0, 0.05) is 16.7 Å².